The number of aliphatic imine (C=N–C) groups is 4. The lowest BCUT2D eigenvalue weighted by Gasteiger charge is -2.16. The summed E-state index contributed by atoms with van der Waals surface area (Å²) in [6.07, 6.45) is 29.8. The van der Waals surface area contributed by atoms with Crippen LogP contribution < -0.4 is 0 Å². The summed E-state index contributed by atoms with van der Waals surface area (Å²) in [6.45, 7) is 0. The molecule has 0 amide bonds. The van der Waals surface area contributed by atoms with Crippen LogP contribution >= 0.6 is 0 Å². The number of hydrogen-bond donors (Lipinski definition) is 0. The van der Waals surface area contributed by atoms with Gasteiger partial charge in [0.2, 0.25) is 0 Å². The van der Waals surface area contributed by atoms with Crippen LogP contribution in [0.25, 0.3) is 16.7 Å². The molecule has 226 valence electrons. The van der Waals surface area contributed by atoms with E-state index in [1.54, 1.807) is 24.8 Å². The van der Waals surface area contributed by atoms with Crippen LogP contribution in [0.5, 0.6) is 0 Å². The number of pyridine rings is 4. The first-order chi connectivity index (χ1) is 23.8. The number of aromatic nitrogens is 4. The summed E-state index contributed by atoms with van der Waals surface area (Å²) in [4.78, 5) is 38.3. The SMILES string of the molecule is C1=CC2=C(c3ccncc3)C3=CCC(=N3)C(c3ccncc3)=C3C=CC(=N3)C(c3ccncc3)C3=NC(=C(c4ccncc4)C1=N2)C=C3. The van der Waals surface area contributed by atoms with Crippen molar-refractivity contribution < 1.29 is 0 Å². The maximum Gasteiger partial charge on any atom is 0.0738 e. The fraction of sp³-hybridized carbons (Fsp3) is 0.0500. The molecule has 0 aliphatic carbocycles. The molecule has 5 aliphatic rings. The molecule has 0 N–H and O–H groups in total. The molecule has 8 nitrogen and oxygen atoms in total. The van der Waals surface area contributed by atoms with Crippen LogP contribution in [0.15, 0.2) is 183 Å². The molecule has 4 aromatic heterocycles. The van der Waals surface area contributed by atoms with Crippen molar-refractivity contribution in [1.82, 2.24) is 19.9 Å². The molecular weight excluding hydrogens is 592 g/mol. The molecule has 8 heteroatoms. The maximum atomic E-state index is 5.31. The predicted octanol–water partition coefficient (Wildman–Crippen LogP) is 7.36. The minimum atomic E-state index is -0.213. The smallest absolute Gasteiger partial charge is 0.0738 e. The summed E-state index contributed by atoms with van der Waals surface area (Å²) in [6, 6.07) is 16.1. The van der Waals surface area contributed by atoms with Gasteiger partial charge in [0.05, 0.1) is 51.6 Å². The molecule has 1 unspecified atom stereocenters. The van der Waals surface area contributed by atoms with Gasteiger partial charge in [0.25, 0.3) is 0 Å². The molecular formula is C40H26N8. The second-order valence-corrected chi connectivity index (χ2v) is 11.6. The molecule has 9 heterocycles. The monoisotopic (exact) mass is 618 g/mol. The summed E-state index contributed by atoms with van der Waals surface area (Å²) in [5.74, 6) is -0.213. The van der Waals surface area contributed by atoms with E-state index in [1.165, 1.54) is 0 Å². The van der Waals surface area contributed by atoms with Gasteiger partial charge in [-0.2, -0.15) is 0 Å². The van der Waals surface area contributed by atoms with Gasteiger partial charge >= 0.3 is 0 Å². The number of fused-ring (bicyclic) bond motifs is 4. The van der Waals surface area contributed by atoms with Gasteiger partial charge in [-0.25, -0.2) is 4.99 Å². The molecule has 1 atom stereocenters. The Labute approximate surface area is 277 Å². The highest BCUT2D eigenvalue weighted by Crippen LogP contribution is 2.40. The third-order valence-electron chi connectivity index (χ3n) is 8.81. The standard InChI is InChI=1S/C40H26N8/c1-2-30-38(26-11-19-42-20-12-26)32-5-6-34(47-32)40(28-15-23-44-24-16-28)36-8-7-35(48-36)39(27-13-21-43-22-14-27)33-4-3-31(46-33)37(29(1)45-30)25-9-17-41-18-10-25/h1-7,9-24,38H,8H2. The topological polar surface area (TPSA) is 101 Å². The quantitative estimate of drug-likeness (QED) is 0.239. The van der Waals surface area contributed by atoms with Crippen LogP contribution in [0.3, 0.4) is 0 Å². The average molecular weight is 619 g/mol. The molecule has 0 saturated carbocycles. The zero-order valence-corrected chi connectivity index (χ0v) is 25.6. The van der Waals surface area contributed by atoms with Crippen molar-refractivity contribution in [2.24, 2.45) is 20.0 Å². The number of rotatable bonds is 4. The second kappa shape index (κ2) is 11.7. The zero-order chi connectivity index (χ0) is 31.9. The Kier molecular flexibility index (Phi) is 6.75. The molecule has 9 rings (SSSR count). The molecule has 0 aromatic carbocycles. The Morgan fingerprint density at radius 2 is 0.917 bits per heavy atom. The Bertz CT molecular complexity index is 2320. The third-order valence-corrected chi connectivity index (χ3v) is 8.81. The number of allylic oxidation sites excluding steroid dienone is 10. The lowest BCUT2D eigenvalue weighted by molar-refractivity contribution is 1.16. The summed E-state index contributed by atoms with van der Waals surface area (Å²) >= 11 is 0. The lowest BCUT2D eigenvalue weighted by atomic mass is 9.90. The summed E-state index contributed by atoms with van der Waals surface area (Å²) < 4.78 is 0. The normalized spacial score (nSPS) is 19.5. The van der Waals surface area contributed by atoms with Crippen LogP contribution in [0.2, 0.25) is 0 Å². The van der Waals surface area contributed by atoms with Crippen LogP contribution in [-0.4, -0.2) is 42.8 Å². The van der Waals surface area contributed by atoms with Gasteiger partial charge in [-0.1, -0.05) is 6.08 Å². The summed E-state index contributed by atoms with van der Waals surface area (Å²) in [7, 11) is 0. The highest BCUT2D eigenvalue weighted by molar-refractivity contribution is 6.33. The Balaban J connectivity index is 1.34. The molecule has 4 aromatic rings. The molecule has 0 fully saturated rings. The van der Waals surface area contributed by atoms with Gasteiger partial charge in [-0.15, -0.1) is 0 Å². The van der Waals surface area contributed by atoms with Gasteiger partial charge in [-0.3, -0.25) is 34.9 Å². The van der Waals surface area contributed by atoms with E-state index in [-0.39, 0.29) is 5.92 Å². The molecule has 0 saturated heterocycles. The van der Waals surface area contributed by atoms with Crippen LogP contribution in [0, 0.1) is 0 Å². The van der Waals surface area contributed by atoms with E-state index in [0.717, 1.165) is 84.6 Å². The Hall–Kier alpha value is -6.54. The average Bonchev–Trinajstić information content (AvgIpc) is 3.98. The van der Waals surface area contributed by atoms with Crippen molar-refractivity contribution in [3.63, 3.8) is 0 Å². The number of nitrogens with zero attached hydrogens (tertiary/aromatic N) is 8. The first-order valence-corrected chi connectivity index (χ1v) is 15.7. The maximum absolute atomic E-state index is 5.31. The molecule has 0 radical (unpaired) electrons. The fourth-order valence-corrected chi connectivity index (χ4v) is 6.66. The Morgan fingerprint density at radius 1 is 0.438 bits per heavy atom. The summed E-state index contributed by atoms with van der Waals surface area (Å²) in [5.41, 5.74) is 13.8. The number of hydrogen-bond acceptors (Lipinski definition) is 8. The van der Waals surface area contributed by atoms with Gasteiger partial charge in [0.1, 0.15) is 0 Å². The van der Waals surface area contributed by atoms with E-state index in [2.05, 4.69) is 62.5 Å². The Morgan fingerprint density at radius 3 is 1.52 bits per heavy atom. The molecule has 0 spiro atoms. The van der Waals surface area contributed by atoms with E-state index in [4.69, 9.17) is 20.0 Å². The van der Waals surface area contributed by atoms with Gasteiger partial charge in [0, 0.05) is 72.7 Å². The fourth-order valence-electron chi connectivity index (χ4n) is 6.66. The van der Waals surface area contributed by atoms with Crippen molar-refractivity contribution in [2.75, 3.05) is 0 Å². The predicted molar refractivity (Wildman–Crippen MR) is 190 cm³/mol. The first-order valence-electron chi connectivity index (χ1n) is 15.7. The molecule has 5 aliphatic heterocycles. The minimum Gasteiger partial charge on any atom is -0.265 e. The lowest BCUT2D eigenvalue weighted by Crippen LogP contribution is -2.18. The van der Waals surface area contributed by atoms with E-state index in [1.807, 2.05) is 73.3 Å². The van der Waals surface area contributed by atoms with Gasteiger partial charge in [-0.05, 0) is 107 Å². The van der Waals surface area contributed by atoms with E-state index in [0.29, 0.717) is 6.42 Å². The largest absolute Gasteiger partial charge is 0.265 e. The third kappa shape index (κ3) is 4.87. The van der Waals surface area contributed by atoms with Gasteiger partial charge < -0.3 is 0 Å². The first kappa shape index (κ1) is 27.7. The van der Waals surface area contributed by atoms with Crippen LogP contribution in [0.1, 0.15) is 34.6 Å². The molecule has 48 heavy (non-hydrogen) atoms. The highest BCUT2D eigenvalue weighted by Gasteiger charge is 2.30. The van der Waals surface area contributed by atoms with Crippen molar-refractivity contribution in [3.05, 3.63) is 186 Å². The second-order valence-electron chi connectivity index (χ2n) is 11.6. The summed E-state index contributed by atoms with van der Waals surface area (Å²) in [5, 5.41) is 0. The van der Waals surface area contributed by atoms with Gasteiger partial charge in [0.15, 0.2) is 0 Å². The highest BCUT2D eigenvalue weighted by atomic mass is 14.9. The minimum absolute atomic E-state index is 0.213. The van der Waals surface area contributed by atoms with Crippen LogP contribution in [0.4, 0.5) is 0 Å². The zero-order valence-electron chi connectivity index (χ0n) is 25.6. The van der Waals surface area contributed by atoms with Crippen molar-refractivity contribution >= 4 is 39.6 Å². The van der Waals surface area contributed by atoms with E-state index >= 15 is 0 Å². The van der Waals surface area contributed by atoms with E-state index < -0.39 is 0 Å². The van der Waals surface area contributed by atoms with Crippen molar-refractivity contribution in [3.8, 4) is 0 Å². The molecule has 8 bridgehead atoms. The van der Waals surface area contributed by atoms with Crippen molar-refractivity contribution in [2.45, 2.75) is 12.3 Å². The van der Waals surface area contributed by atoms with E-state index in [9.17, 15) is 0 Å². The van der Waals surface area contributed by atoms with Crippen LogP contribution in [-0.2, 0) is 0 Å². The van der Waals surface area contributed by atoms with Crippen molar-refractivity contribution in [1.29, 1.82) is 0 Å².